The van der Waals surface area contributed by atoms with Crippen LogP contribution < -0.4 is 0 Å². The quantitative estimate of drug-likeness (QED) is 0.645. The first-order chi connectivity index (χ1) is 12.7. The number of amides is 1. The van der Waals surface area contributed by atoms with Crippen molar-refractivity contribution in [3.05, 3.63) is 46.7 Å². The van der Waals surface area contributed by atoms with Gasteiger partial charge >= 0.3 is 6.18 Å². The Bertz CT molecular complexity index is 1050. The maximum Gasteiger partial charge on any atom is 0.451 e. The van der Waals surface area contributed by atoms with E-state index in [1.54, 1.807) is 19.9 Å². The van der Waals surface area contributed by atoms with Gasteiger partial charge in [-0.2, -0.15) is 13.2 Å². The molecule has 1 atom stereocenters. The number of fused-ring (bicyclic) bond motifs is 2. The Morgan fingerprint density at radius 3 is 2.67 bits per heavy atom. The fourth-order valence-electron chi connectivity index (χ4n) is 3.54. The molecular weight excluding hydrogens is 361 g/mol. The molecule has 6 nitrogen and oxygen atoms in total. The Hall–Kier alpha value is -2.84. The maximum absolute atomic E-state index is 13.1. The summed E-state index contributed by atoms with van der Waals surface area (Å²) in [6.45, 7) is 5.48. The molecule has 27 heavy (non-hydrogen) atoms. The van der Waals surface area contributed by atoms with Crippen molar-refractivity contribution in [3.63, 3.8) is 0 Å². The number of carbonyl (C=O) groups is 1. The zero-order valence-electron chi connectivity index (χ0n) is 15.0. The minimum Gasteiger partial charge on any atom is -0.451 e. The Kier molecular flexibility index (Phi) is 3.79. The summed E-state index contributed by atoms with van der Waals surface area (Å²) in [5.74, 6) is -1.08. The van der Waals surface area contributed by atoms with E-state index in [-0.39, 0.29) is 30.6 Å². The number of benzene rings is 1. The van der Waals surface area contributed by atoms with E-state index in [1.165, 1.54) is 4.90 Å². The summed E-state index contributed by atoms with van der Waals surface area (Å²) in [6.07, 6.45) is -4.58. The summed E-state index contributed by atoms with van der Waals surface area (Å²) in [5.41, 5.74) is 2.37. The van der Waals surface area contributed by atoms with Gasteiger partial charge in [0.25, 0.3) is 5.91 Å². The molecular formula is C18H17F3N4O2. The number of hydrogen-bond donors (Lipinski definition) is 0. The maximum atomic E-state index is 13.1. The second kappa shape index (κ2) is 5.83. The van der Waals surface area contributed by atoms with Crippen LogP contribution in [0.4, 0.5) is 13.2 Å². The third-order valence-corrected chi connectivity index (χ3v) is 4.99. The molecule has 0 N–H and O–H groups in total. The van der Waals surface area contributed by atoms with Crippen molar-refractivity contribution in [2.45, 2.75) is 39.5 Å². The van der Waals surface area contributed by atoms with Crippen LogP contribution in [0.1, 0.15) is 46.3 Å². The highest BCUT2D eigenvalue weighted by atomic mass is 19.4. The van der Waals surface area contributed by atoms with E-state index in [1.807, 2.05) is 19.1 Å². The van der Waals surface area contributed by atoms with Crippen molar-refractivity contribution in [2.75, 3.05) is 6.54 Å². The summed E-state index contributed by atoms with van der Waals surface area (Å²) in [7, 11) is 0. The van der Waals surface area contributed by atoms with Crippen molar-refractivity contribution < 1.29 is 22.4 Å². The topological polar surface area (TPSA) is 64.2 Å². The second-order valence-electron chi connectivity index (χ2n) is 6.76. The molecule has 3 aromatic rings. The van der Waals surface area contributed by atoms with Crippen LogP contribution in [0.3, 0.4) is 0 Å². The molecule has 1 aliphatic heterocycles. The zero-order valence-corrected chi connectivity index (χ0v) is 15.0. The molecule has 4 rings (SSSR count). The van der Waals surface area contributed by atoms with E-state index in [9.17, 15) is 18.0 Å². The third kappa shape index (κ3) is 2.68. The van der Waals surface area contributed by atoms with Crippen molar-refractivity contribution in [1.82, 2.24) is 19.7 Å². The number of hydrogen-bond acceptors (Lipinski definition) is 4. The summed E-state index contributed by atoms with van der Waals surface area (Å²) in [4.78, 5) is 14.5. The van der Waals surface area contributed by atoms with E-state index in [0.717, 1.165) is 15.5 Å². The molecule has 0 saturated carbocycles. The van der Waals surface area contributed by atoms with Gasteiger partial charge in [0, 0.05) is 24.0 Å². The first kappa shape index (κ1) is 17.6. The second-order valence-corrected chi connectivity index (χ2v) is 6.76. The highest BCUT2D eigenvalue weighted by Crippen LogP contribution is 2.34. The highest BCUT2D eigenvalue weighted by Gasteiger charge is 2.42. The van der Waals surface area contributed by atoms with E-state index in [2.05, 4.69) is 10.2 Å². The molecule has 142 valence electrons. The van der Waals surface area contributed by atoms with Crippen LogP contribution in [0.25, 0.3) is 11.0 Å². The van der Waals surface area contributed by atoms with Crippen LogP contribution >= 0.6 is 0 Å². The van der Waals surface area contributed by atoms with E-state index in [0.29, 0.717) is 11.1 Å². The first-order valence-electron chi connectivity index (χ1n) is 8.49. The molecule has 1 aliphatic rings. The normalized spacial score (nSPS) is 17.4. The summed E-state index contributed by atoms with van der Waals surface area (Å²) in [6, 6.07) is 4.99. The lowest BCUT2D eigenvalue weighted by atomic mass is 10.1. The minimum atomic E-state index is -4.58. The predicted octanol–water partition coefficient (Wildman–Crippen LogP) is 3.88. The lowest BCUT2D eigenvalue weighted by Crippen LogP contribution is -2.42. The number of furan rings is 1. The van der Waals surface area contributed by atoms with Gasteiger partial charge in [0.1, 0.15) is 5.58 Å². The van der Waals surface area contributed by atoms with Crippen molar-refractivity contribution >= 4 is 16.9 Å². The third-order valence-electron chi connectivity index (χ3n) is 4.99. The molecule has 0 fully saturated rings. The molecule has 0 spiro atoms. The van der Waals surface area contributed by atoms with Crippen molar-refractivity contribution in [3.8, 4) is 0 Å². The van der Waals surface area contributed by atoms with E-state index in [4.69, 9.17) is 4.42 Å². The molecule has 0 aliphatic carbocycles. The molecule has 0 bridgehead atoms. The average molecular weight is 378 g/mol. The van der Waals surface area contributed by atoms with Gasteiger partial charge in [-0.05, 0) is 32.9 Å². The number of rotatable bonds is 1. The van der Waals surface area contributed by atoms with Crippen molar-refractivity contribution in [2.24, 2.45) is 0 Å². The lowest BCUT2D eigenvalue weighted by molar-refractivity contribution is -0.148. The first-order valence-corrected chi connectivity index (χ1v) is 8.49. The Morgan fingerprint density at radius 2 is 1.96 bits per heavy atom. The molecule has 1 unspecified atom stereocenters. The zero-order chi connectivity index (χ0) is 19.5. The number of aromatic nitrogens is 3. The number of alkyl halides is 3. The van der Waals surface area contributed by atoms with Crippen LogP contribution in [0, 0.1) is 13.8 Å². The SMILES string of the molecule is Cc1ccc2oc(C(=O)N3CCn4c(nnc4C(F)(F)F)C3C)c(C)c2c1. The number of carbonyl (C=O) groups excluding carboxylic acids is 1. The van der Waals surface area contributed by atoms with Crippen LogP contribution in [-0.2, 0) is 12.7 Å². The van der Waals surface area contributed by atoms with Gasteiger partial charge < -0.3 is 13.9 Å². The molecule has 0 saturated heterocycles. The van der Waals surface area contributed by atoms with E-state index >= 15 is 0 Å². The summed E-state index contributed by atoms with van der Waals surface area (Å²) in [5, 5.41) is 7.80. The smallest absolute Gasteiger partial charge is 0.451 e. The van der Waals surface area contributed by atoms with Gasteiger partial charge in [0.15, 0.2) is 11.6 Å². The van der Waals surface area contributed by atoms with Gasteiger partial charge in [-0.1, -0.05) is 11.6 Å². The number of aryl methyl sites for hydroxylation is 2. The van der Waals surface area contributed by atoms with Crippen LogP contribution in [-0.4, -0.2) is 32.1 Å². The number of nitrogens with zero attached hydrogens (tertiary/aromatic N) is 4. The Labute approximate surface area is 152 Å². The molecule has 0 radical (unpaired) electrons. The van der Waals surface area contributed by atoms with E-state index < -0.39 is 18.0 Å². The van der Waals surface area contributed by atoms with Gasteiger partial charge in [-0.25, -0.2) is 0 Å². The molecule has 2 aromatic heterocycles. The highest BCUT2D eigenvalue weighted by molar-refractivity contribution is 5.99. The summed E-state index contributed by atoms with van der Waals surface area (Å²) >= 11 is 0. The molecule has 9 heteroatoms. The molecule has 1 aromatic carbocycles. The van der Waals surface area contributed by atoms with Crippen LogP contribution in [0.2, 0.25) is 0 Å². The Morgan fingerprint density at radius 1 is 1.22 bits per heavy atom. The number of halogens is 3. The fourth-order valence-corrected chi connectivity index (χ4v) is 3.54. The van der Waals surface area contributed by atoms with Crippen molar-refractivity contribution in [1.29, 1.82) is 0 Å². The van der Waals surface area contributed by atoms with Gasteiger partial charge in [0.05, 0.1) is 6.04 Å². The fraction of sp³-hybridized carbons (Fsp3) is 0.389. The summed E-state index contributed by atoms with van der Waals surface area (Å²) < 4.78 is 45.9. The standard InChI is InChI=1S/C18H17F3N4O2/c1-9-4-5-13-12(8-9)10(2)14(27-13)16(26)24-6-7-25-15(11(24)3)22-23-17(25)18(19,20)21/h4-5,8,11H,6-7H2,1-3H3. The Balaban J connectivity index is 1.70. The molecule has 3 heterocycles. The van der Waals surface area contributed by atoms with Crippen LogP contribution in [0.15, 0.2) is 22.6 Å². The van der Waals surface area contributed by atoms with Gasteiger partial charge in [-0.15, -0.1) is 10.2 Å². The average Bonchev–Trinajstić information content (AvgIpc) is 3.17. The molecule has 1 amide bonds. The lowest BCUT2D eigenvalue weighted by Gasteiger charge is -2.33. The van der Waals surface area contributed by atoms with Gasteiger partial charge in [0.2, 0.25) is 5.82 Å². The monoisotopic (exact) mass is 378 g/mol. The largest absolute Gasteiger partial charge is 0.451 e. The predicted molar refractivity (Wildman–Crippen MR) is 90.2 cm³/mol. The van der Waals surface area contributed by atoms with Gasteiger partial charge in [-0.3, -0.25) is 4.79 Å². The minimum absolute atomic E-state index is 0.0222. The van der Waals surface area contributed by atoms with Crippen LogP contribution in [0.5, 0.6) is 0 Å².